The summed E-state index contributed by atoms with van der Waals surface area (Å²) in [6.07, 6.45) is 0.196. The van der Waals surface area contributed by atoms with Crippen LogP contribution in [0.25, 0.3) is 0 Å². The maximum atomic E-state index is 10.8. The monoisotopic (exact) mass is 239 g/mol. The molecule has 7 nitrogen and oxygen atoms in total. The average Bonchev–Trinajstić information content (AvgIpc) is 2.30. The van der Waals surface area contributed by atoms with Crippen LogP contribution in [0.4, 0.5) is 5.69 Å². The zero-order chi connectivity index (χ0) is 12.8. The van der Waals surface area contributed by atoms with Crippen molar-refractivity contribution in [1.29, 1.82) is 0 Å². The van der Waals surface area contributed by atoms with Crippen molar-refractivity contribution in [3.63, 3.8) is 0 Å². The van der Waals surface area contributed by atoms with E-state index in [2.05, 4.69) is 5.16 Å². The molecule has 0 amide bonds. The van der Waals surface area contributed by atoms with Crippen LogP contribution in [0.1, 0.15) is 12.0 Å². The summed E-state index contributed by atoms with van der Waals surface area (Å²) in [5, 5.41) is 21.9. The number of benzene rings is 1. The molecule has 92 valence electrons. The van der Waals surface area contributed by atoms with Gasteiger partial charge >= 0.3 is 5.69 Å². The Hall–Kier alpha value is -2.31. The first kappa shape index (κ1) is 12.8. The molecule has 0 aliphatic rings. The first-order valence-corrected chi connectivity index (χ1v) is 4.89. The Labute approximate surface area is 97.6 Å². The molecule has 7 heteroatoms. The van der Waals surface area contributed by atoms with Crippen LogP contribution in [0.15, 0.2) is 23.4 Å². The minimum absolute atomic E-state index is 0.0150. The largest absolute Gasteiger partial charge is 0.486 e. The van der Waals surface area contributed by atoms with Crippen LogP contribution in [-0.4, -0.2) is 22.6 Å². The van der Waals surface area contributed by atoms with Crippen LogP contribution >= 0.6 is 0 Å². The van der Waals surface area contributed by atoms with Gasteiger partial charge in [-0.2, -0.15) is 0 Å². The second kappa shape index (κ2) is 5.69. The maximum absolute atomic E-state index is 10.8. The fourth-order valence-corrected chi connectivity index (χ4v) is 1.28. The van der Waals surface area contributed by atoms with Gasteiger partial charge in [-0.25, -0.2) is 0 Å². The highest BCUT2D eigenvalue weighted by atomic mass is 16.6. The normalized spacial score (nSPS) is 11.2. The Morgan fingerprint density at radius 3 is 2.94 bits per heavy atom. The SMILES string of the molecule is Cc1cccc([N+](=O)[O-])c1OCC/C(N)=N/O. The number of ether oxygens (including phenoxy) is 1. The average molecular weight is 239 g/mol. The first-order valence-electron chi connectivity index (χ1n) is 4.89. The second-order valence-electron chi connectivity index (χ2n) is 3.37. The van der Waals surface area contributed by atoms with E-state index in [1.807, 2.05) is 0 Å². The molecule has 0 aliphatic carbocycles. The van der Waals surface area contributed by atoms with Crippen molar-refractivity contribution in [2.75, 3.05) is 6.61 Å². The molecule has 0 saturated heterocycles. The van der Waals surface area contributed by atoms with E-state index in [-0.39, 0.29) is 30.3 Å². The van der Waals surface area contributed by atoms with Crippen molar-refractivity contribution >= 4 is 11.5 Å². The second-order valence-corrected chi connectivity index (χ2v) is 3.37. The van der Waals surface area contributed by atoms with Gasteiger partial charge in [0.15, 0.2) is 5.75 Å². The van der Waals surface area contributed by atoms with Gasteiger partial charge in [0.25, 0.3) is 0 Å². The predicted molar refractivity (Wildman–Crippen MR) is 61.4 cm³/mol. The molecule has 1 aromatic rings. The van der Waals surface area contributed by atoms with E-state index in [4.69, 9.17) is 15.7 Å². The van der Waals surface area contributed by atoms with Gasteiger partial charge in [0.1, 0.15) is 5.84 Å². The summed E-state index contributed by atoms with van der Waals surface area (Å²) in [7, 11) is 0. The Bertz CT molecular complexity index is 445. The van der Waals surface area contributed by atoms with E-state index in [0.717, 1.165) is 0 Å². The van der Waals surface area contributed by atoms with Gasteiger partial charge < -0.3 is 15.7 Å². The molecule has 1 aromatic carbocycles. The van der Waals surface area contributed by atoms with E-state index in [9.17, 15) is 10.1 Å². The minimum atomic E-state index is -0.508. The molecular weight excluding hydrogens is 226 g/mol. The molecule has 0 unspecified atom stereocenters. The predicted octanol–water partition coefficient (Wildman–Crippen LogP) is 1.42. The Kier molecular flexibility index (Phi) is 4.27. The zero-order valence-corrected chi connectivity index (χ0v) is 9.29. The van der Waals surface area contributed by atoms with Crippen LogP contribution in [0, 0.1) is 17.0 Å². The highest BCUT2D eigenvalue weighted by Crippen LogP contribution is 2.30. The van der Waals surface area contributed by atoms with Gasteiger partial charge in [0.2, 0.25) is 0 Å². The lowest BCUT2D eigenvalue weighted by atomic mass is 10.2. The standard InChI is InChI=1S/C10H13N3O4/c1-7-3-2-4-8(13(15)16)10(7)17-6-5-9(11)12-14/h2-4,14H,5-6H2,1H3,(H2,11,12). The molecule has 1 rings (SSSR count). The highest BCUT2D eigenvalue weighted by Gasteiger charge is 2.16. The Morgan fingerprint density at radius 1 is 1.65 bits per heavy atom. The number of rotatable bonds is 5. The number of hydrogen-bond acceptors (Lipinski definition) is 5. The summed E-state index contributed by atoms with van der Waals surface area (Å²) in [5.41, 5.74) is 5.83. The number of nitrogens with zero attached hydrogens (tertiary/aromatic N) is 2. The molecule has 0 saturated carbocycles. The molecular formula is C10H13N3O4. The van der Waals surface area contributed by atoms with Gasteiger partial charge in [0, 0.05) is 12.5 Å². The Morgan fingerprint density at radius 2 is 2.35 bits per heavy atom. The number of aryl methyl sites for hydroxylation is 1. The number of oxime groups is 1. The third-order valence-corrected chi connectivity index (χ3v) is 2.12. The molecule has 0 radical (unpaired) electrons. The molecule has 0 heterocycles. The lowest BCUT2D eigenvalue weighted by Gasteiger charge is -2.08. The molecule has 0 atom stereocenters. The quantitative estimate of drug-likeness (QED) is 0.265. The van der Waals surface area contributed by atoms with E-state index in [1.165, 1.54) is 6.07 Å². The first-order chi connectivity index (χ1) is 8.06. The van der Waals surface area contributed by atoms with Crippen molar-refractivity contribution in [3.05, 3.63) is 33.9 Å². The topological polar surface area (TPSA) is 111 Å². The van der Waals surface area contributed by atoms with Crippen LogP contribution in [0.3, 0.4) is 0 Å². The number of nitro groups is 1. The van der Waals surface area contributed by atoms with Crippen molar-refractivity contribution in [3.8, 4) is 5.75 Å². The molecule has 0 aromatic heterocycles. The van der Waals surface area contributed by atoms with E-state index in [0.29, 0.717) is 5.56 Å². The van der Waals surface area contributed by atoms with Gasteiger partial charge in [0.05, 0.1) is 11.5 Å². The number of nitro benzene ring substituents is 1. The van der Waals surface area contributed by atoms with Crippen molar-refractivity contribution in [1.82, 2.24) is 0 Å². The summed E-state index contributed by atoms with van der Waals surface area (Å²) in [6.45, 7) is 1.83. The molecule has 3 N–H and O–H groups in total. The third kappa shape index (κ3) is 3.33. The fourth-order valence-electron chi connectivity index (χ4n) is 1.28. The van der Waals surface area contributed by atoms with Crippen LogP contribution in [0.5, 0.6) is 5.75 Å². The molecule has 0 fully saturated rings. The van der Waals surface area contributed by atoms with E-state index in [1.54, 1.807) is 19.1 Å². The molecule has 17 heavy (non-hydrogen) atoms. The summed E-state index contributed by atoms with van der Waals surface area (Å²) >= 11 is 0. The van der Waals surface area contributed by atoms with Gasteiger partial charge in [-0.05, 0) is 12.5 Å². The van der Waals surface area contributed by atoms with Crippen molar-refractivity contribution in [2.24, 2.45) is 10.9 Å². The van der Waals surface area contributed by atoms with Crippen LogP contribution < -0.4 is 10.5 Å². The summed E-state index contributed by atoms with van der Waals surface area (Å²) in [6, 6.07) is 4.67. The third-order valence-electron chi connectivity index (χ3n) is 2.12. The van der Waals surface area contributed by atoms with Crippen LogP contribution in [-0.2, 0) is 0 Å². The van der Waals surface area contributed by atoms with E-state index >= 15 is 0 Å². The smallest absolute Gasteiger partial charge is 0.311 e. The lowest BCUT2D eigenvalue weighted by molar-refractivity contribution is -0.385. The Balaban J connectivity index is 2.79. The highest BCUT2D eigenvalue weighted by molar-refractivity contribution is 5.79. The summed E-state index contributed by atoms with van der Waals surface area (Å²) in [5.74, 6) is 0.226. The number of amidine groups is 1. The van der Waals surface area contributed by atoms with Gasteiger partial charge in [-0.15, -0.1) is 0 Å². The number of nitrogens with two attached hydrogens (primary N) is 1. The number of hydrogen-bond donors (Lipinski definition) is 2. The van der Waals surface area contributed by atoms with Gasteiger partial charge in [-0.1, -0.05) is 17.3 Å². The fraction of sp³-hybridized carbons (Fsp3) is 0.300. The van der Waals surface area contributed by atoms with Gasteiger partial charge in [-0.3, -0.25) is 10.1 Å². The zero-order valence-electron chi connectivity index (χ0n) is 9.29. The maximum Gasteiger partial charge on any atom is 0.311 e. The van der Waals surface area contributed by atoms with E-state index < -0.39 is 4.92 Å². The summed E-state index contributed by atoms with van der Waals surface area (Å²) in [4.78, 5) is 10.3. The minimum Gasteiger partial charge on any atom is -0.486 e. The molecule has 0 aliphatic heterocycles. The lowest BCUT2D eigenvalue weighted by Crippen LogP contribution is -2.16. The molecule has 0 bridgehead atoms. The van der Waals surface area contributed by atoms with Crippen LogP contribution in [0.2, 0.25) is 0 Å². The molecule has 0 spiro atoms. The van der Waals surface area contributed by atoms with Crippen molar-refractivity contribution < 1.29 is 14.9 Å². The number of para-hydroxylation sites is 1. The summed E-state index contributed by atoms with van der Waals surface area (Å²) < 4.78 is 5.29. The van der Waals surface area contributed by atoms with Crippen molar-refractivity contribution in [2.45, 2.75) is 13.3 Å².